The molecule has 3 aliphatic heterocycles. The molecular weight excluding hydrogens is 392 g/mol. The molecule has 3 aliphatic rings. The number of carbonyl (C=O) groups is 1. The SMILES string of the molecule is CN=C(/C=C(\C)OC)N1CC2(CN(C(=O)N3c4ccc(Cl)cc4OCC3C)C2)C1. The highest BCUT2D eigenvalue weighted by molar-refractivity contribution is 6.30. The average Bonchev–Trinajstić information content (AvgIpc) is 2.64. The van der Waals surface area contributed by atoms with Gasteiger partial charge >= 0.3 is 6.03 Å². The van der Waals surface area contributed by atoms with E-state index in [1.165, 1.54) is 0 Å². The number of urea groups is 1. The molecule has 1 spiro atoms. The zero-order chi connectivity index (χ0) is 20.8. The summed E-state index contributed by atoms with van der Waals surface area (Å²) < 4.78 is 11.0. The molecule has 2 amide bonds. The third kappa shape index (κ3) is 3.52. The molecule has 0 aromatic heterocycles. The van der Waals surface area contributed by atoms with Crippen LogP contribution in [0.5, 0.6) is 5.75 Å². The molecule has 0 aliphatic carbocycles. The fraction of sp³-hybridized carbons (Fsp3) is 0.524. The van der Waals surface area contributed by atoms with E-state index in [-0.39, 0.29) is 17.5 Å². The van der Waals surface area contributed by atoms with Crippen molar-refractivity contribution < 1.29 is 14.3 Å². The van der Waals surface area contributed by atoms with Gasteiger partial charge in [0.25, 0.3) is 0 Å². The molecule has 2 saturated heterocycles. The third-order valence-electron chi connectivity index (χ3n) is 5.89. The van der Waals surface area contributed by atoms with Gasteiger partial charge in [0, 0.05) is 55.8 Å². The molecule has 0 radical (unpaired) electrons. The molecule has 4 rings (SSSR count). The number of benzene rings is 1. The molecular formula is C21H27ClN4O3. The number of methoxy groups -OCH3 is 1. The van der Waals surface area contributed by atoms with Crippen molar-refractivity contribution in [3.8, 4) is 5.75 Å². The van der Waals surface area contributed by atoms with E-state index in [0.717, 1.165) is 43.5 Å². The number of hydrogen-bond donors (Lipinski definition) is 0. The Morgan fingerprint density at radius 2 is 2.00 bits per heavy atom. The van der Waals surface area contributed by atoms with Gasteiger partial charge in [-0.2, -0.15) is 0 Å². The van der Waals surface area contributed by atoms with E-state index in [2.05, 4.69) is 9.89 Å². The molecule has 1 unspecified atom stereocenters. The Bertz CT molecular complexity index is 871. The topological polar surface area (TPSA) is 57.6 Å². The van der Waals surface area contributed by atoms with Crippen molar-refractivity contribution >= 4 is 29.2 Å². The normalized spacial score (nSPS) is 23.2. The molecule has 0 bridgehead atoms. The van der Waals surface area contributed by atoms with Gasteiger partial charge in [-0.3, -0.25) is 9.89 Å². The van der Waals surface area contributed by atoms with Crippen molar-refractivity contribution in [3.63, 3.8) is 0 Å². The number of nitrogens with zero attached hydrogens (tertiary/aromatic N) is 4. The molecule has 29 heavy (non-hydrogen) atoms. The summed E-state index contributed by atoms with van der Waals surface area (Å²) in [5.41, 5.74) is 0.952. The van der Waals surface area contributed by atoms with Crippen LogP contribution in [0.25, 0.3) is 0 Å². The number of aliphatic imine (C=N–C) groups is 1. The first-order chi connectivity index (χ1) is 13.9. The van der Waals surface area contributed by atoms with E-state index in [4.69, 9.17) is 21.1 Å². The number of hydrogen-bond acceptors (Lipinski definition) is 4. The Balaban J connectivity index is 1.40. The van der Waals surface area contributed by atoms with Gasteiger partial charge in [-0.1, -0.05) is 11.6 Å². The van der Waals surface area contributed by atoms with Gasteiger partial charge in [0.2, 0.25) is 0 Å². The van der Waals surface area contributed by atoms with E-state index >= 15 is 0 Å². The number of carbonyl (C=O) groups excluding carboxylic acids is 1. The molecule has 3 heterocycles. The predicted octanol–water partition coefficient (Wildman–Crippen LogP) is 3.24. The van der Waals surface area contributed by atoms with Crippen LogP contribution in [0.4, 0.5) is 10.5 Å². The number of amides is 2. The molecule has 7 nitrogen and oxygen atoms in total. The van der Waals surface area contributed by atoms with E-state index < -0.39 is 0 Å². The van der Waals surface area contributed by atoms with Gasteiger partial charge in [0.05, 0.1) is 24.6 Å². The fourth-order valence-corrected chi connectivity index (χ4v) is 4.49. The number of likely N-dealkylation sites (tertiary alicyclic amines) is 2. The molecule has 156 valence electrons. The molecule has 8 heteroatoms. The van der Waals surface area contributed by atoms with E-state index in [0.29, 0.717) is 17.4 Å². The monoisotopic (exact) mass is 418 g/mol. The second kappa shape index (κ2) is 7.44. The van der Waals surface area contributed by atoms with Crippen LogP contribution in [0, 0.1) is 5.41 Å². The molecule has 0 N–H and O–H groups in total. The van der Waals surface area contributed by atoms with Crippen LogP contribution >= 0.6 is 11.6 Å². The van der Waals surface area contributed by atoms with Crippen molar-refractivity contribution in [2.24, 2.45) is 10.4 Å². The van der Waals surface area contributed by atoms with Crippen LogP contribution in [-0.2, 0) is 4.74 Å². The second-order valence-electron chi connectivity index (χ2n) is 8.18. The maximum atomic E-state index is 13.2. The van der Waals surface area contributed by atoms with Gasteiger partial charge in [0.15, 0.2) is 0 Å². The summed E-state index contributed by atoms with van der Waals surface area (Å²) in [5.74, 6) is 2.42. The van der Waals surface area contributed by atoms with Crippen LogP contribution in [0.15, 0.2) is 35.0 Å². The van der Waals surface area contributed by atoms with Crippen LogP contribution < -0.4 is 9.64 Å². The Morgan fingerprint density at radius 3 is 2.66 bits per heavy atom. The lowest BCUT2D eigenvalue weighted by atomic mass is 9.73. The average molecular weight is 419 g/mol. The summed E-state index contributed by atoms with van der Waals surface area (Å²) in [4.78, 5) is 23.6. The lowest BCUT2D eigenvalue weighted by Gasteiger charge is -2.61. The third-order valence-corrected chi connectivity index (χ3v) is 6.13. The fourth-order valence-electron chi connectivity index (χ4n) is 4.33. The lowest BCUT2D eigenvalue weighted by molar-refractivity contribution is -0.0621. The standard InChI is InChI=1S/C21H27ClN4O3/c1-14-9-29-18-8-16(22)5-6-17(18)26(14)20(27)25-12-21(13-25)10-24(11-21)19(23-3)7-15(2)28-4/h5-8,14H,9-13H2,1-4H3/b15-7+,23-19?. The highest BCUT2D eigenvalue weighted by Crippen LogP contribution is 2.42. The Morgan fingerprint density at radius 1 is 1.31 bits per heavy atom. The summed E-state index contributed by atoms with van der Waals surface area (Å²) in [6.07, 6.45) is 1.95. The van der Waals surface area contributed by atoms with Gasteiger partial charge in [-0.15, -0.1) is 0 Å². The minimum absolute atomic E-state index is 0.0217. The van der Waals surface area contributed by atoms with Crippen LogP contribution in [0.1, 0.15) is 13.8 Å². The van der Waals surface area contributed by atoms with Crippen molar-refractivity contribution in [1.29, 1.82) is 0 Å². The Labute approximate surface area is 176 Å². The zero-order valence-electron chi connectivity index (χ0n) is 17.3. The van der Waals surface area contributed by atoms with Gasteiger partial charge < -0.3 is 19.3 Å². The van der Waals surface area contributed by atoms with Crippen molar-refractivity contribution in [3.05, 3.63) is 35.1 Å². The number of allylic oxidation sites excluding steroid dienone is 1. The van der Waals surface area contributed by atoms with Crippen molar-refractivity contribution in [2.75, 3.05) is 51.8 Å². The van der Waals surface area contributed by atoms with Gasteiger partial charge in [-0.05, 0) is 26.0 Å². The Kier molecular flexibility index (Phi) is 5.11. The zero-order valence-corrected chi connectivity index (χ0v) is 18.1. The molecule has 1 aromatic rings. The second-order valence-corrected chi connectivity index (χ2v) is 8.61. The first-order valence-corrected chi connectivity index (χ1v) is 10.2. The molecule has 0 saturated carbocycles. The summed E-state index contributed by atoms with van der Waals surface area (Å²) in [5, 5.41) is 0.606. The number of rotatable bonds is 2. The number of ether oxygens (including phenoxy) is 2. The van der Waals surface area contributed by atoms with Crippen LogP contribution in [-0.4, -0.2) is 74.7 Å². The predicted molar refractivity (Wildman–Crippen MR) is 114 cm³/mol. The summed E-state index contributed by atoms with van der Waals surface area (Å²) in [7, 11) is 3.45. The number of amidine groups is 1. The number of fused-ring (bicyclic) bond motifs is 1. The largest absolute Gasteiger partial charge is 0.501 e. The number of anilines is 1. The maximum Gasteiger partial charge on any atom is 0.325 e. The highest BCUT2D eigenvalue weighted by Gasteiger charge is 2.55. The first-order valence-electron chi connectivity index (χ1n) is 9.80. The van der Waals surface area contributed by atoms with Crippen LogP contribution in [0.3, 0.4) is 0 Å². The summed E-state index contributed by atoms with van der Waals surface area (Å²) in [6, 6.07) is 5.44. The van der Waals surface area contributed by atoms with Gasteiger partial charge in [0.1, 0.15) is 18.2 Å². The van der Waals surface area contributed by atoms with E-state index in [9.17, 15) is 4.79 Å². The summed E-state index contributed by atoms with van der Waals surface area (Å²) in [6.45, 7) is 7.72. The molecule has 2 fully saturated rings. The van der Waals surface area contributed by atoms with E-state index in [1.54, 1.807) is 26.3 Å². The minimum atomic E-state index is -0.0217. The lowest BCUT2D eigenvalue weighted by Crippen LogP contribution is -2.75. The van der Waals surface area contributed by atoms with Crippen molar-refractivity contribution in [2.45, 2.75) is 19.9 Å². The quantitative estimate of drug-likeness (QED) is 0.420. The minimum Gasteiger partial charge on any atom is -0.501 e. The smallest absolute Gasteiger partial charge is 0.325 e. The molecule has 1 atom stereocenters. The van der Waals surface area contributed by atoms with Crippen molar-refractivity contribution in [1.82, 2.24) is 9.80 Å². The molecule has 1 aromatic carbocycles. The maximum absolute atomic E-state index is 13.2. The summed E-state index contributed by atoms with van der Waals surface area (Å²) >= 11 is 6.08. The Hall–Kier alpha value is -2.41. The van der Waals surface area contributed by atoms with Crippen LogP contribution in [0.2, 0.25) is 5.02 Å². The van der Waals surface area contributed by atoms with Gasteiger partial charge in [-0.25, -0.2) is 4.79 Å². The van der Waals surface area contributed by atoms with E-state index in [1.807, 2.05) is 35.8 Å². The number of halogens is 1. The first kappa shape index (κ1) is 19.9. The highest BCUT2D eigenvalue weighted by atomic mass is 35.5.